The quantitative estimate of drug-likeness (QED) is 0.338. The third kappa shape index (κ3) is 4.37. The van der Waals surface area contributed by atoms with Crippen LogP contribution in [0.15, 0.2) is 77.9 Å². The van der Waals surface area contributed by atoms with Gasteiger partial charge in [-0.15, -0.1) is 0 Å². The number of hydrogen-bond acceptors (Lipinski definition) is 4. The highest BCUT2D eigenvalue weighted by atomic mass is 32.2. The number of aryl methyl sites for hydroxylation is 1. The van der Waals surface area contributed by atoms with E-state index in [1.807, 2.05) is 55.6 Å². The Labute approximate surface area is 205 Å². The highest BCUT2D eigenvalue weighted by Gasteiger charge is 2.24. The van der Waals surface area contributed by atoms with Crippen LogP contribution in [-0.2, 0) is 10.5 Å². The van der Waals surface area contributed by atoms with Crippen LogP contribution in [0, 0.1) is 18.6 Å². The number of amides is 1. The first-order valence-electron chi connectivity index (χ1n) is 11.1. The van der Waals surface area contributed by atoms with Crippen LogP contribution in [0.4, 0.5) is 14.5 Å². The Hall–Kier alpha value is -3.78. The smallest absolute Gasteiger partial charge is 0.271 e. The summed E-state index contributed by atoms with van der Waals surface area (Å²) in [6.45, 7) is 1.91. The largest absolute Gasteiger partial charge is 0.278 e. The van der Waals surface area contributed by atoms with Crippen molar-refractivity contribution in [3.05, 3.63) is 95.6 Å². The number of hydrogen-bond donors (Lipinski definition) is 0. The van der Waals surface area contributed by atoms with Crippen molar-refractivity contribution >= 4 is 40.2 Å². The number of rotatable bonds is 4. The summed E-state index contributed by atoms with van der Waals surface area (Å²) in [4.78, 5) is 17.7. The summed E-state index contributed by atoms with van der Waals surface area (Å²) in [5.41, 5.74) is 4.17. The molecule has 0 saturated carbocycles. The Bertz CT molecular complexity index is 1510. The number of carbonyl (C=O) groups excluding carboxylic acids is 1. The predicted molar refractivity (Wildman–Crippen MR) is 138 cm³/mol. The van der Waals surface area contributed by atoms with Crippen molar-refractivity contribution in [2.45, 2.75) is 19.1 Å². The van der Waals surface area contributed by atoms with Gasteiger partial charge in [-0.2, -0.15) is 21.9 Å². The molecule has 0 spiro atoms. The molecule has 0 bridgehead atoms. The van der Waals surface area contributed by atoms with E-state index < -0.39 is 11.6 Å². The van der Waals surface area contributed by atoms with Gasteiger partial charge < -0.3 is 0 Å². The van der Waals surface area contributed by atoms with Gasteiger partial charge in [-0.25, -0.2) is 13.8 Å². The van der Waals surface area contributed by atoms with E-state index in [4.69, 9.17) is 10.1 Å². The lowest BCUT2D eigenvalue weighted by Gasteiger charge is -2.19. The standard InChI is InChI=1S/C27H22F2N4OS/c1-17-6-3-4-7-23(17)33-26(34)9-5-8-25(31-33)32-24-13-10-18(16-35-2)14-22(24)30-27(32)20-12-11-19(28)15-21(20)29/h3-7,9-15H,8,16H2,1-2H3. The highest BCUT2D eigenvalue weighted by Crippen LogP contribution is 2.30. The van der Waals surface area contributed by atoms with Gasteiger partial charge in [-0.1, -0.05) is 30.3 Å². The minimum Gasteiger partial charge on any atom is -0.278 e. The third-order valence-electron chi connectivity index (χ3n) is 5.79. The molecule has 0 radical (unpaired) electrons. The summed E-state index contributed by atoms with van der Waals surface area (Å²) in [7, 11) is 0. The molecule has 1 aliphatic rings. The maximum absolute atomic E-state index is 14.9. The first kappa shape index (κ1) is 23.0. The minimum atomic E-state index is -0.720. The molecule has 0 fully saturated rings. The van der Waals surface area contributed by atoms with Crippen molar-refractivity contribution in [3.8, 4) is 11.4 Å². The van der Waals surface area contributed by atoms with E-state index in [-0.39, 0.29) is 11.5 Å². The van der Waals surface area contributed by atoms with E-state index >= 15 is 0 Å². The van der Waals surface area contributed by atoms with Gasteiger partial charge in [0.25, 0.3) is 5.91 Å². The number of thioether (sulfide) groups is 1. The summed E-state index contributed by atoms with van der Waals surface area (Å²) in [6, 6.07) is 16.8. The molecule has 2 heterocycles. The molecule has 5 nitrogen and oxygen atoms in total. The van der Waals surface area contributed by atoms with Crippen molar-refractivity contribution in [3.63, 3.8) is 0 Å². The van der Waals surface area contributed by atoms with E-state index in [0.717, 1.165) is 28.5 Å². The van der Waals surface area contributed by atoms with Gasteiger partial charge in [-0.05, 0) is 54.6 Å². The normalized spacial score (nSPS) is 13.9. The molecule has 176 valence electrons. The molecule has 1 aliphatic heterocycles. The van der Waals surface area contributed by atoms with Crippen LogP contribution < -0.4 is 5.01 Å². The number of para-hydroxylation sites is 1. The summed E-state index contributed by atoms with van der Waals surface area (Å²) in [5, 5.41) is 6.09. The monoisotopic (exact) mass is 488 g/mol. The molecular weight excluding hydrogens is 466 g/mol. The number of fused-ring (bicyclic) bond motifs is 1. The molecular formula is C27H22F2N4OS. The second-order valence-corrected chi connectivity index (χ2v) is 9.08. The van der Waals surface area contributed by atoms with Crippen LogP contribution in [0.5, 0.6) is 0 Å². The van der Waals surface area contributed by atoms with Crippen molar-refractivity contribution in [1.29, 1.82) is 0 Å². The Morgan fingerprint density at radius 3 is 2.66 bits per heavy atom. The van der Waals surface area contributed by atoms with Crippen molar-refractivity contribution in [2.75, 3.05) is 11.3 Å². The zero-order valence-corrected chi connectivity index (χ0v) is 20.0. The first-order chi connectivity index (χ1) is 17.0. The molecule has 4 aromatic rings. The zero-order chi connectivity index (χ0) is 24.5. The topological polar surface area (TPSA) is 50.5 Å². The number of nitrogens with zero attached hydrogens (tertiary/aromatic N) is 4. The number of imidazole rings is 1. The molecule has 1 aromatic heterocycles. The molecule has 0 atom stereocenters. The summed E-state index contributed by atoms with van der Waals surface area (Å²) < 4.78 is 30.4. The number of aromatic nitrogens is 2. The van der Waals surface area contributed by atoms with Gasteiger partial charge >= 0.3 is 0 Å². The molecule has 8 heteroatoms. The summed E-state index contributed by atoms with van der Waals surface area (Å²) >= 11 is 1.69. The SMILES string of the molecule is CSCc1ccc2c(c1)nc(-c1ccc(F)cc1F)n2C1=NN(c2ccccc2C)C(=O)C=CC1. The average molecular weight is 489 g/mol. The fourth-order valence-corrected chi connectivity index (χ4v) is 4.66. The van der Waals surface area contributed by atoms with Gasteiger partial charge in [0.15, 0.2) is 0 Å². The zero-order valence-electron chi connectivity index (χ0n) is 19.2. The Kier molecular flexibility index (Phi) is 6.21. The lowest BCUT2D eigenvalue weighted by atomic mass is 10.2. The number of hydrazone groups is 1. The molecule has 0 unspecified atom stereocenters. The van der Waals surface area contributed by atoms with E-state index in [1.54, 1.807) is 22.4 Å². The van der Waals surface area contributed by atoms with Crippen LogP contribution >= 0.6 is 11.8 Å². The fraction of sp³-hybridized carbons (Fsp3) is 0.148. The predicted octanol–water partition coefficient (Wildman–Crippen LogP) is 6.31. The van der Waals surface area contributed by atoms with Gasteiger partial charge in [-0.3, -0.25) is 9.36 Å². The van der Waals surface area contributed by atoms with E-state index in [2.05, 4.69) is 0 Å². The van der Waals surface area contributed by atoms with Crippen LogP contribution in [0.1, 0.15) is 17.5 Å². The summed E-state index contributed by atoms with van der Waals surface area (Å²) in [6.07, 6.45) is 5.56. The number of carbonyl (C=O) groups is 1. The van der Waals surface area contributed by atoms with Crippen LogP contribution in [0.25, 0.3) is 22.4 Å². The molecule has 1 amide bonds. The molecule has 35 heavy (non-hydrogen) atoms. The lowest BCUT2D eigenvalue weighted by molar-refractivity contribution is -0.114. The number of halogens is 2. The lowest BCUT2D eigenvalue weighted by Crippen LogP contribution is -2.26. The average Bonchev–Trinajstić information content (AvgIpc) is 3.09. The van der Waals surface area contributed by atoms with E-state index in [9.17, 15) is 13.6 Å². The third-order valence-corrected chi connectivity index (χ3v) is 6.41. The number of anilines is 1. The van der Waals surface area contributed by atoms with Gasteiger partial charge in [0.1, 0.15) is 23.3 Å². The minimum absolute atomic E-state index is 0.152. The van der Waals surface area contributed by atoms with Crippen LogP contribution in [0.3, 0.4) is 0 Å². The molecule has 3 aromatic carbocycles. The Morgan fingerprint density at radius 2 is 1.89 bits per heavy atom. The number of benzene rings is 3. The Morgan fingerprint density at radius 1 is 1.06 bits per heavy atom. The van der Waals surface area contributed by atoms with Crippen LogP contribution in [-0.4, -0.2) is 27.5 Å². The molecule has 0 saturated heterocycles. The van der Waals surface area contributed by atoms with Crippen LogP contribution in [0.2, 0.25) is 0 Å². The highest BCUT2D eigenvalue weighted by molar-refractivity contribution is 7.97. The number of allylic oxidation sites excluding steroid dienone is 1. The second kappa shape index (κ2) is 9.46. The first-order valence-corrected chi connectivity index (χ1v) is 12.5. The Balaban J connectivity index is 1.76. The maximum Gasteiger partial charge on any atom is 0.271 e. The maximum atomic E-state index is 14.9. The molecule has 0 N–H and O–H groups in total. The molecule has 0 aliphatic carbocycles. The van der Waals surface area contributed by atoms with E-state index in [1.165, 1.54) is 23.2 Å². The van der Waals surface area contributed by atoms with Crippen molar-refractivity contribution in [2.24, 2.45) is 5.10 Å². The van der Waals surface area contributed by atoms with Crippen molar-refractivity contribution in [1.82, 2.24) is 9.55 Å². The van der Waals surface area contributed by atoms with Gasteiger partial charge in [0.05, 0.1) is 22.3 Å². The van der Waals surface area contributed by atoms with Crippen molar-refractivity contribution < 1.29 is 13.6 Å². The fourth-order valence-electron chi connectivity index (χ4n) is 4.15. The molecule has 5 rings (SSSR count). The second-order valence-electron chi connectivity index (χ2n) is 8.21. The van der Waals surface area contributed by atoms with Gasteiger partial charge in [0, 0.05) is 24.3 Å². The van der Waals surface area contributed by atoms with E-state index in [0.29, 0.717) is 29.3 Å². The summed E-state index contributed by atoms with van der Waals surface area (Å²) in [5.74, 6) is -0.0677. The van der Waals surface area contributed by atoms with Gasteiger partial charge in [0.2, 0.25) is 0 Å².